The molecule has 1 saturated heterocycles. The molecular formula is C31H35N3O3. The van der Waals surface area contributed by atoms with Crippen LogP contribution < -0.4 is 4.90 Å². The standard InChI is InChI=1S/C31H35N3O3/c1-20(32(3)4)19-31(37)24-12-5-6-14-26(24)34(29(31)35)22-15-17-33(18-16-22)28-23-11-7-9-21-10-8-13-25(27(21)23)30(28,2)36/h5-14,22,28,36-37H,1,15-19H2,2-4H3/t28-,30-,31?/m0/s1. The van der Waals surface area contributed by atoms with E-state index in [4.69, 9.17) is 0 Å². The van der Waals surface area contributed by atoms with E-state index >= 15 is 0 Å². The van der Waals surface area contributed by atoms with Gasteiger partial charge in [-0.1, -0.05) is 61.2 Å². The molecule has 1 fully saturated rings. The van der Waals surface area contributed by atoms with Crippen LogP contribution in [0.1, 0.15) is 48.9 Å². The zero-order valence-corrected chi connectivity index (χ0v) is 21.8. The smallest absolute Gasteiger partial charge is 0.264 e. The van der Waals surface area contributed by atoms with Gasteiger partial charge in [-0.2, -0.15) is 0 Å². The molecule has 6 rings (SSSR count). The fourth-order valence-corrected chi connectivity index (χ4v) is 6.87. The van der Waals surface area contributed by atoms with Gasteiger partial charge in [0, 0.05) is 50.9 Å². The summed E-state index contributed by atoms with van der Waals surface area (Å²) in [5.41, 5.74) is 1.73. The molecule has 192 valence electrons. The predicted octanol–water partition coefficient (Wildman–Crippen LogP) is 4.27. The van der Waals surface area contributed by atoms with Gasteiger partial charge in [0.25, 0.3) is 5.91 Å². The van der Waals surface area contributed by atoms with E-state index in [9.17, 15) is 15.0 Å². The van der Waals surface area contributed by atoms with E-state index in [0.29, 0.717) is 11.3 Å². The van der Waals surface area contributed by atoms with Gasteiger partial charge in [-0.15, -0.1) is 0 Å². The van der Waals surface area contributed by atoms with Gasteiger partial charge in [-0.25, -0.2) is 0 Å². The van der Waals surface area contributed by atoms with E-state index in [2.05, 4.69) is 35.7 Å². The third kappa shape index (κ3) is 3.46. The van der Waals surface area contributed by atoms with Gasteiger partial charge in [0.2, 0.25) is 0 Å². The summed E-state index contributed by atoms with van der Waals surface area (Å²) in [4.78, 5) is 19.9. The Kier molecular flexibility index (Phi) is 5.50. The number of para-hydroxylation sites is 1. The summed E-state index contributed by atoms with van der Waals surface area (Å²) in [6.07, 6.45) is 1.70. The third-order valence-electron chi connectivity index (χ3n) is 8.81. The predicted molar refractivity (Wildman–Crippen MR) is 146 cm³/mol. The molecule has 6 heteroatoms. The number of aliphatic hydroxyl groups is 2. The second kappa shape index (κ2) is 8.42. The van der Waals surface area contributed by atoms with Crippen LogP contribution in [0.5, 0.6) is 0 Å². The summed E-state index contributed by atoms with van der Waals surface area (Å²) in [5, 5.41) is 25.7. The van der Waals surface area contributed by atoms with Crippen molar-refractivity contribution < 1.29 is 15.0 Å². The molecule has 3 aliphatic rings. The van der Waals surface area contributed by atoms with Crippen molar-refractivity contribution in [2.75, 3.05) is 32.1 Å². The van der Waals surface area contributed by atoms with E-state index in [1.54, 1.807) is 0 Å². The number of fused-ring (bicyclic) bond motifs is 1. The Morgan fingerprint density at radius 2 is 1.65 bits per heavy atom. The van der Waals surface area contributed by atoms with Crippen molar-refractivity contribution in [3.8, 4) is 0 Å². The Hall–Kier alpha value is -3.19. The van der Waals surface area contributed by atoms with Crippen LogP contribution >= 0.6 is 0 Å². The molecule has 0 spiro atoms. The highest BCUT2D eigenvalue weighted by Gasteiger charge is 2.53. The molecule has 3 atom stereocenters. The van der Waals surface area contributed by atoms with Crippen molar-refractivity contribution in [1.29, 1.82) is 0 Å². The second-order valence-corrected chi connectivity index (χ2v) is 11.3. The first kappa shape index (κ1) is 24.2. The Balaban J connectivity index is 1.26. The maximum atomic E-state index is 13.8. The Morgan fingerprint density at radius 3 is 2.35 bits per heavy atom. The number of benzene rings is 3. The topological polar surface area (TPSA) is 67.2 Å². The highest BCUT2D eigenvalue weighted by Crippen LogP contribution is 2.52. The lowest BCUT2D eigenvalue weighted by Crippen LogP contribution is -2.52. The van der Waals surface area contributed by atoms with Gasteiger partial charge in [-0.3, -0.25) is 9.69 Å². The summed E-state index contributed by atoms with van der Waals surface area (Å²) in [6, 6.07) is 19.9. The molecule has 0 radical (unpaired) electrons. The van der Waals surface area contributed by atoms with E-state index < -0.39 is 11.2 Å². The van der Waals surface area contributed by atoms with Crippen LogP contribution in [0.15, 0.2) is 72.9 Å². The number of carbonyl (C=O) groups is 1. The number of piperidine rings is 1. The number of rotatable bonds is 5. The van der Waals surface area contributed by atoms with E-state index in [1.165, 1.54) is 5.56 Å². The summed E-state index contributed by atoms with van der Waals surface area (Å²) in [6.45, 7) is 7.51. The molecule has 2 aliphatic heterocycles. The van der Waals surface area contributed by atoms with Crippen molar-refractivity contribution in [3.63, 3.8) is 0 Å². The lowest BCUT2D eigenvalue weighted by molar-refractivity contribution is -0.137. The van der Waals surface area contributed by atoms with E-state index in [-0.39, 0.29) is 24.4 Å². The average molecular weight is 498 g/mol. The van der Waals surface area contributed by atoms with E-state index in [1.807, 2.05) is 67.2 Å². The number of anilines is 1. The zero-order chi connectivity index (χ0) is 26.1. The minimum atomic E-state index is -1.61. The van der Waals surface area contributed by atoms with Crippen LogP contribution in [0.2, 0.25) is 0 Å². The molecule has 37 heavy (non-hydrogen) atoms. The van der Waals surface area contributed by atoms with Gasteiger partial charge in [0.05, 0.1) is 11.7 Å². The normalized spacial score (nSPS) is 27.6. The molecular weight excluding hydrogens is 462 g/mol. The molecule has 6 nitrogen and oxygen atoms in total. The Morgan fingerprint density at radius 1 is 1.00 bits per heavy atom. The summed E-state index contributed by atoms with van der Waals surface area (Å²) in [5.74, 6) is -0.264. The van der Waals surface area contributed by atoms with Gasteiger partial charge in [-0.05, 0) is 47.7 Å². The first-order chi connectivity index (χ1) is 17.6. The summed E-state index contributed by atoms with van der Waals surface area (Å²) >= 11 is 0. The molecule has 1 unspecified atom stereocenters. The van der Waals surface area contributed by atoms with Crippen molar-refractivity contribution in [2.24, 2.45) is 0 Å². The van der Waals surface area contributed by atoms with E-state index in [0.717, 1.165) is 48.0 Å². The largest absolute Gasteiger partial charge is 0.383 e. The SMILES string of the molecule is C=C(CC1(O)C(=O)N(C2CCN([C@H]3c4cccc5cccc(c45)[C@]3(C)O)CC2)c2ccccc21)N(C)C. The third-order valence-corrected chi connectivity index (χ3v) is 8.81. The lowest BCUT2D eigenvalue weighted by Gasteiger charge is -2.43. The van der Waals surface area contributed by atoms with Crippen LogP contribution in [0.25, 0.3) is 10.8 Å². The summed E-state index contributed by atoms with van der Waals surface area (Å²) < 4.78 is 0. The number of amides is 1. The zero-order valence-electron chi connectivity index (χ0n) is 21.8. The molecule has 3 aromatic rings. The van der Waals surface area contributed by atoms with Crippen LogP contribution in [0.4, 0.5) is 5.69 Å². The molecule has 3 aromatic carbocycles. The van der Waals surface area contributed by atoms with Gasteiger partial charge >= 0.3 is 0 Å². The van der Waals surface area contributed by atoms with Gasteiger partial charge in [0.1, 0.15) is 5.60 Å². The van der Waals surface area contributed by atoms with Gasteiger partial charge < -0.3 is 20.0 Å². The lowest BCUT2D eigenvalue weighted by atomic mass is 9.89. The maximum absolute atomic E-state index is 13.8. The molecule has 1 aliphatic carbocycles. The first-order valence-corrected chi connectivity index (χ1v) is 13.1. The molecule has 0 bridgehead atoms. The molecule has 0 aromatic heterocycles. The van der Waals surface area contributed by atoms with Crippen LogP contribution in [-0.2, 0) is 16.0 Å². The molecule has 2 N–H and O–H groups in total. The van der Waals surface area contributed by atoms with Gasteiger partial charge in [0.15, 0.2) is 5.60 Å². The molecule has 2 heterocycles. The van der Waals surface area contributed by atoms with Crippen molar-refractivity contribution in [3.05, 3.63) is 89.6 Å². The quantitative estimate of drug-likeness (QED) is 0.551. The highest BCUT2D eigenvalue weighted by atomic mass is 16.3. The number of nitrogens with zero attached hydrogens (tertiary/aromatic N) is 3. The van der Waals surface area contributed by atoms with Crippen molar-refractivity contribution in [1.82, 2.24) is 9.80 Å². The van der Waals surface area contributed by atoms with Crippen LogP contribution in [0, 0.1) is 0 Å². The number of likely N-dealkylation sites (tertiary alicyclic amines) is 1. The highest BCUT2D eigenvalue weighted by molar-refractivity contribution is 6.07. The minimum Gasteiger partial charge on any atom is -0.383 e. The maximum Gasteiger partial charge on any atom is 0.264 e. The molecule has 1 amide bonds. The van der Waals surface area contributed by atoms with Crippen molar-refractivity contribution in [2.45, 2.75) is 49.5 Å². The Labute approximate surface area is 218 Å². The number of hydrogen-bond acceptors (Lipinski definition) is 5. The summed E-state index contributed by atoms with van der Waals surface area (Å²) in [7, 11) is 3.75. The fourth-order valence-electron chi connectivity index (χ4n) is 6.87. The minimum absolute atomic E-state index is 0.0175. The number of hydrogen-bond donors (Lipinski definition) is 2. The van der Waals surface area contributed by atoms with Crippen LogP contribution in [0.3, 0.4) is 0 Å². The number of carbonyl (C=O) groups excluding carboxylic acids is 1. The monoisotopic (exact) mass is 497 g/mol. The average Bonchev–Trinajstić information content (AvgIpc) is 3.25. The Bertz CT molecular complexity index is 1400. The fraction of sp³-hybridized carbons (Fsp3) is 0.387. The van der Waals surface area contributed by atoms with Crippen molar-refractivity contribution >= 4 is 22.4 Å². The first-order valence-electron chi connectivity index (χ1n) is 13.1. The van der Waals surface area contributed by atoms with Crippen LogP contribution in [-0.4, -0.2) is 59.1 Å². The molecule has 0 saturated carbocycles. The second-order valence-electron chi connectivity index (χ2n) is 11.3.